The molecule has 0 radical (unpaired) electrons. The zero-order chi connectivity index (χ0) is 20.6. The van der Waals surface area contributed by atoms with E-state index in [0.29, 0.717) is 47.4 Å². The maximum absolute atomic E-state index is 12.7. The average molecular weight is 405 g/mol. The first-order valence-electron chi connectivity index (χ1n) is 11.9. The predicted molar refractivity (Wildman–Crippen MR) is 115 cm³/mol. The highest BCUT2D eigenvalue weighted by Gasteiger charge is 2.62. The molecule has 0 aromatic rings. The van der Waals surface area contributed by atoms with Gasteiger partial charge in [0.15, 0.2) is 0 Å². The third kappa shape index (κ3) is 3.56. The minimum absolute atomic E-state index is 0.125. The summed E-state index contributed by atoms with van der Waals surface area (Å²) >= 11 is 0. The minimum Gasteiger partial charge on any atom is -0.396 e. The Labute approximate surface area is 176 Å². The molecule has 0 aliphatic heterocycles. The maximum atomic E-state index is 12.7. The highest BCUT2D eigenvalue weighted by atomic mass is 16.6. The number of hydrogen-bond donors (Lipinski definition) is 2. The molecule has 0 aromatic heterocycles. The molecule has 4 aliphatic carbocycles. The van der Waals surface area contributed by atoms with E-state index >= 15 is 0 Å². The Morgan fingerprint density at radius 2 is 2.03 bits per heavy atom. The van der Waals surface area contributed by atoms with Crippen molar-refractivity contribution < 1.29 is 14.7 Å². The summed E-state index contributed by atoms with van der Waals surface area (Å²) < 4.78 is 0. The van der Waals surface area contributed by atoms with Crippen molar-refractivity contribution in [3.8, 4) is 0 Å². The van der Waals surface area contributed by atoms with Crippen molar-refractivity contribution in [3.05, 3.63) is 0 Å². The topological polar surface area (TPSA) is 70.9 Å². The van der Waals surface area contributed by atoms with Gasteiger partial charge in [0, 0.05) is 18.4 Å². The molecule has 7 atom stereocenters. The van der Waals surface area contributed by atoms with Gasteiger partial charge >= 0.3 is 0 Å². The van der Waals surface area contributed by atoms with E-state index in [1.807, 2.05) is 7.05 Å². The van der Waals surface area contributed by atoms with Gasteiger partial charge in [0.2, 0.25) is 0 Å². The molecule has 29 heavy (non-hydrogen) atoms. The largest absolute Gasteiger partial charge is 0.396 e. The summed E-state index contributed by atoms with van der Waals surface area (Å²) in [5.41, 5.74) is 1.40. The number of ketones is 1. The van der Waals surface area contributed by atoms with Gasteiger partial charge in [-0.25, -0.2) is 0 Å². The molecule has 1 unspecified atom stereocenters. The number of carbonyl (C=O) groups excluding carboxylic acids is 1. The second-order valence-electron chi connectivity index (χ2n) is 10.7. The highest BCUT2D eigenvalue weighted by Crippen LogP contribution is 2.66. The van der Waals surface area contributed by atoms with E-state index in [0.717, 1.165) is 57.9 Å². The van der Waals surface area contributed by atoms with Gasteiger partial charge in [0.1, 0.15) is 12.4 Å². The number of carbonyl (C=O) groups is 1. The number of Topliss-reactive ketones (excluding diaryl/α,β-unsaturated/α-hetero) is 1. The van der Waals surface area contributed by atoms with Crippen molar-refractivity contribution in [2.75, 3.05) is 26.8 Å². The average Bonchev–Trinajstić information content (AvgIpc) is 3.02. The second kappa shape index (κ2) is 8.30. The molecule has 4 fully saturated rings. The molecule has 0 aromatic carbocycles. The summed E-state index contributed by atoms with van der Waals surface area (Å²) in [5, 5.41) is 17.9. The van der Waals surface area contributed by atoms with Crippen LogP contribution in [0.2, 0.25) is 0 Å². The third-order valence-electron chi connectivity index (χ3n) is 9.48. The molecular formula is C24H40N2O3. The van der Waals surface area contributed by atoms with Gasteiger partial charge in [0.25, 0.3) is 0 Å². The third-order valence-corrected chi connectivity index (χ3v) is 9.48. The van der Waals surface area contributed by atoms with Crippen LogP contribution in [0, 0.1) is 40.4 Å². The van der Waals surface area contributed by atoms with Crippen LogP contribution in [0.15, 0.2) is 5.16 Å². The number of aliphatic hydroxyl groups excluding tert-OH is 1. The molecule has 0 saturated heterocycles. The number of fused-ring (bicyclic) bond motifs is 5. The van der Waals surface area contributed by atoms with Crippen LogP contribution < -0.4 is 5.32 Å². The van der Waals surface area contributed by atoms with Crippen molar-refractivity contribution in [3.63, 3.8) is 0 Å². The van der Waals surface area contributed by atoms with Crippen LogP contribution in [0.4, 0.5) is 0 Å². The molecule has 2 N–H and O–H groups in total. The number of aliphatic hydroxyl groups is 1. The summed E-state index contributed by atoms with van der Waals surface area (Å²) in [6, 6.07) is 0. The van der Waals surface area contributed by atoms with Gasteiger partial charge in [0.05, 0.1) is 5.71 Å². The summed E-state index contributed by atoms with van der Waals surface area (Å²) in [7, 11) is 1.96. The normalized spacial score (nSPS) is 45.6. The molecule has 0 heterocycles. The van der Waals surface area contributed by atoms with Gasteiger partial charge in [-0.2, -0.15) is 0 Å². The second-order valence-corrected chi connectivity index (χ2v) is 10.7. The summed E-state index contributed by atoms with van der Waals surface area (Å²) in [6.45, 7) is 6.62. The molecule has 164 valence electrons. The predicted octanol–water partition coefficient (Wildman–Crippen LogP) is 3.80. The Balaban J connectivity index is 1.50. The van der Waals surface area contributed by atoms with Crippen molar-refractivity contribution >= 4 is 11.5 Å². The SMILES string of the molecule is CNCCCON=C1CC[C@@]2(C)C(C1)C[C@H](CO)[C@@H]1[C@@H]2CC[C@]2(C)C(=O)CC[C@@H]12. The van der Waals surface area contributed by atoms with Gasteiger partial charge in [-0.3, -0.25) is 4.79 Å². The summed E-state index contributed by atoms with van der Waals surface area (Å²) in [5.74, 6) is 3.04. The van der Waals surface area contributed by atoms with Crippen molar-refractivity contribution in [2.24, 2.45) is 45.6 Å². The molecule has 4 rings (SSSR count). The van der Waals surface area contributed by atoms with Gasteiger partial charge in [-0.1, -0.05) is 19.0 Å². The fourth-order valence-corrected chi connectivity index (χ4v) is 7.72. The van der Waals surface area contributed by atoms with Crippen molar-refractivity contribution in [2.45, 2.75) is 71.6 Å². The van der Waals surface area contributed by atoms with E-state index in [2.05, 4.69) is 24.3 Å². The summed E-state index contributed by atoms with van der Waals surface area (Å²) in [4.78, 5) is 18.3. The molecule has 5 heteroatoms. The first kappa shape index (κ1) is 21.3. The van der Waals surface area contributed by atoms with Crippen LogP contribution in [0.3, 0.4) is 0 Å². The van der Waals surface area contributed by atoms with E-state index < -0.39 is 0 Å². The Morgan fingerprint density at radius 3 is 2.79 bits per heavy atom. The number of hydrogen-bond acceptors (Lipinski definition) is 5. The van der Waals surface area contributed by atoms with Crippen LogP contribution in [-0.2, 0) is 9.63 Å². The molecular weight excluding hydrogens is 364 g/mol. The zero-order valence-electron chi connectivity index (χ0n) is 18.6. The molecule has 0 bridgehead atoms. The van der Waals surface area contributed by atoms with Crippen LogP contribution in [0.25, 0.3) is 0 Å². The van der Waals surface area contributed by atoms with Crippen LogP contribution in [0.1, 0.15) is 71.6 Å². The Kier molecular flexibility index (Phi) is 6.09. The lowest BCUT2D eigenvalue weighted by atomic mass is 9.43. The summed E-state index contributed by atoms with van der Waals surface area (Å²) in [6.07, 6.45) is 9.28. The van der Waals surface area contributed by atoms with Crippen molar-refractivity contribution in [1.82, 2.24) is 5.32 Å². The number of nitrogens with one attached hydrogen (secondary N) is 1. The number of oxime groups is 1. The van der Waals surface area contributed by atoms with E-state index in [4.69, 9.17) is 4.84 Å². The van der Waals surface area contributed by atoms with E-state index in [1.165, 1.54) is 12.1 Å². The first-order valence-corrected chi connectivity index (χ1v) is 11.9. The zero-order valence-corrected chi connectivity index (χ0v) is 18.6. The van der Waals surface area contributed by atoms with E-state index in [9.17, 15) is 9.90 Å². The fraction of sp³-hybridized carbons (Fsp3) is 0.917. The molecule has 5 nitrogen and oxygen atoms in total. The van der Waals surface area contributed by atoms with Crippen LogP contribution >= 0.6 is 0 Å². The molecule has 4 aliphatic rings. The minimum atomic E-state index is -0.125. The lowest BCUT2D eigenvalue weighted by Gasteiger charge is -2.61. The maximum Gasteiger partial charge on any atom is 0.139 e. The van der Waals surface area contributed by atoms with Crippen molar-refractivity contribution in [1.29, 1.82) is 0 Å². The van der Waals surface area contributed by atoms with Gasteiger partial charge < -0.3 is 15.3 Å². The fourth-order valence-electron chi connectivity index (χ4n) is 7.72. The Bertz CT molecular complexity index is 650. The monoisotopic (exact) mass is 404 g/mol. The van der Waals surface area contributed by atoms with Gasteiger partial charge in [-0.05, 0) is 100.0 Å². The molecule has 4 saturated carbocycles. The number of rotatable bonds is 6. The number of nitrogens with zero attached hydrogens (tertiary/aromatic N) is 1. The van der Waals surface area contributed by atoms with E-state index in [-0.39, 0.29) is 12.0 Å². The Morgan fingerprint density at radius 1 is 1.21 bits per heavy atom. The Hall–Kier alpha value is -0.940. The smallest absolute Gasteiger partial charge is 0.139 e. The lowest BCUT2D eigenvalue weighted by molar-refractivity contribution is -0.148. The first-order chi connectivity index (χ1) is 13.9. The van der Waals surface area contributed by atoms with Crippen LogP contribution in [-0.4, -0.2) is 43.4 Å². The lowest BCUT2D eigenvalue weighted by Crippen LogP contribution is -2.57. The van der Waals surface area contributed by atoms with Crippen LogP contribution in [0.5, 0.6) is 0 Å². The molecule has 0 spiro atoms. The molecule has 0 amide bonds. The standard InChI is InChI=1S/C24H40N2O3/c1-23-9-7-18(26-29-12-4-11-25-3)14-17(23)13-16(15-27)22-19-5-6-21(28)24(19,2)10-8-20(22)23/h16-17,19-20,22,25,27H,4-15H2,1-3H3/t16-,17?,19+,20+,22+,23+,24+/m1/s1. The van der Waals surface area contributed by atoms with E-state index in [1.54, 1.807) is 0 Å². The van der Waals surface area contributed by atoms with Gasteiger partial charge in [-0.15, -0.1) is 0 Å². The highest BCUT2D eigenvalue weighted by molar-refractivity contribution is 5.87. The quantitative estimate of drug-likeness (QED) is 0.522.